The number of fused-ring (bicyclic) bond motifs is 1. The molecule has 0 spiro atoms. The lowest BCUT2D eigenvalue weighted by Gasteiger charge is -2.22. The van der Waals surface area contributed by atoms with E-state index in [9.17, 15) is 9.90 Å². The third kappa shape index (κ3) is 3.65. The fourth-order valence-corrected chi connectivity index (χ4v) is 4.97. The molecule has 1 aliphatic heterocycles. The largest absolute Gasteiger partial charge is 0.496 e. The van der Waals surface area contributed by atoms with Crippen molar-refractivity contribution < 1.29 is 14.6 Å². The number of aryl methyl sites for hydroxylation is 1. The van der Waals surface area contributed by atoms with Gasteiger partial charge in [0, 0.05) is 18.7 Å². The molecule has 0 radical (unpaired) electrons. The molecular formula is C21H24N4O3S. The van der Waals surface area contributed by atoms with E-state index in [1.54, 1.807) is 12.0 Å². The lowest BCUT2D eigenvalue weighted by Crippen LogP contribution is -2.37. The molecule has 1 fully saturated rings. The maximum Gasteiger partial charge on any atom is 0.264 e. The van der Waals surface area contributed by atoms with Crippen LogP contribution in [0.5, 0.6) is 5.75 Å². The zero-order chi connectivity index (χ0) is 20.4. The third-order valence-corrected chi connectivity index (χ3v) is 6.60. The van der Waals surface area contributed by atoms with E-state index in [2.05, 4.69) is 15.3 Å². The van der Waals surface area contributed by atoms with Crippen molar-refractivity contribution in [2.75, 3.05) is 25.6 Å². The molecule has 1 aromatic carbocycles. The van der Waals surface area contributed by atoms with Gasteiger partial charge in [0.1, 0.15) is 22.7 Å². The van der Waals surface area contributed by atoms with Crippen molar-refractivity contribution >= 4 is 33.3 Å². The summed E-state index contributed by atoms with van der Waals surface area (Å²) in [5.41, 5.74) is 1.90. The summed E-state index contributed by atoms with van der Waals surface area (Å²) in [6.45, 7) is 3.17. The SMILES string of the molecule is COc1ccccc1CNc1ncnc2sc(C(=O)N3CCC[C@H]3CO)c(C)c12. The van der Waals surface area contributed by atoms with Crippen LogP contribution < -0.4 is 10.1 Å². The van der Waals surface area contributed by atoms with Gasteiger partial charge in [0.15, 0.2) is 0 Å². The summed E-state index contributed by atoms with van der Waals surface area (Å²) in [4.78, 5) is 25.2. The summed E-state index contributed by atoms with van der Waals surface area (Å²) in [6.07, 6.45) is 3.29. The topological polar surface area (TPSA) is 87.6 Å². The Hall–Kier alpha value is -2.71. The van der Waals surface area contributed by atoms with Crippen LogP contribution in [-0.4, -0.2) is 52.2 Å². The number of aromatic nitrogens is 2. The van der Waals surface area contributed by atoms with Crippen LogP contribution in [0.3, 0.4) is 0 Å². The van der Waals surface area contributed by atoms with Gasteiger partial charge in [-0.1, -0.05) is 18.2 Å². The van der Waals surface area contributed by atoms with Gasteiger partial charge in [0.05, 0.1) is 30.0 Å². The van der Waals surface area contributed by atoms with Crippen LogP contribution in [0.15, 0.2) is 30.6 Å². The first-order chi connectivity index (χ1) is 14.1. The van der Waals surface area contributed by atoms with E-state index in [1.165, 1.54) is 17.7 Å². The van der Waals surface area contributed by atoms with Crippen LogP contribution in [0.4, 0.5) is 5.82 Å². The Bertz CT molecular complexity index is 1040. The summed E-state index contributed by atoms with van der Waals surface area (Å²) in [5.74, 6) is 1.49. The zero-order valence-electron chi connectivity index (χ0n) is 16.5. The molecule has 2 N–H and O–H groups in total. The van der Waals surface area contributed by atoms with Crippen molar-refractivity contribution in [3.63, 3.8) is 0 Å². The highest BCUT2D eigenvalue weighted by Crippen LogP contribution is 2.35. The Morgan fingerprint density at radius 3 is 3.00 bits per heavy atom. The van der Waals surface area contributed by atoms with Gasteiger partial charge in [0.2, 0.25) is 0 Å². The molecule has 1 saturated heterocycles. The number of anilines is 1. The van der Waals surface area contributed by atoms with Crippen LogP contribution in [0.25, 0.3) is 10.2 Å². The Morgan fingerprint density at radius 1 is 1.38 bits per heavy atom. The molecule has 8 heteroatoms. The van der Waals surface area contributed by atoms with Crippen molar-refractivity contribution in [2.24, 2.45) is 0 Å². The Kier molecular flexibility index (Phi) is 5.64. The number of hydrogen-bond acceptors (Lipinski definition) is 7. The van der Waals surface area contributed by atoms with Gasteiger partial charge in [-0.15, -0.1) is 11.3 Å². The second-order valence-corrected chi connectivity index (χ2v) is 8.10. The molecule has 0 unspecified atom stereocenters. The number of rotatable bonds is 6. The van der Waals surface area contributed by atoms with Crippen LogP contribution in [0, 0.1) is 6.92 Å². The Labute approximate surface area is 173 Å². The maximum atomic E-state index is 13.1. The first kappa shape index (κ1) is 19.6. The van der Waals surface area contributed by atoms with Crippen molar-refractivity contribution in [1.29, 1.82) is 0 Å². The molecule has 1 aliphatic rings. The highest BCUT2D eigenvalue weighted by molar-refractivity contribution is 7.20. The molecule has 2 aromatic heterocycles. The van der Waals surface area contributed by atoms with Gasteiger partial charge in [-0.2, -0.15) is 0 Å². The van der Waals surface area contributed by atoms with Crippen LogP contribution in [0.1, 0.15) is 33.6 Å². The summed E-state index contributed by atoms with van der Waals surface area (Å²) in [6, 6.07) is 7.73. The number of thiophene rings is 1. The predicted molar refractivity (Wildman–Crippen MR) is 114 cm³/mol. The average molecular weight is 413 g/mol. The number of aliphatic hydroxyl groups is 1. The number of methoxy groups -OCH3 is 1. The minimum Gasteiger partial charge on any atom is -0.496 e. The molecule has 0 aliphatic carbocycles. The number of carbonyl (C=O) groups excluding carboxylic acids is 1. The van der Waals surface area contributed by atoms with E-state index in [4.69, 9.17) is 4.74 Å². The number of aliphatic hydroxyl groups excluding tert-OH is 1. The number of amides is 1. The molecular weight excluding hydrogens is 388 g/mol. The van der Waals surface area contributed by atoms with E-state index in [-0.39, 0.29) is 18.6 Å². The number of para-hydroxylation sites is 1. The van der Waals surface area contributed by atoms with Crippen molar-refractivity contribution in [2.45, 2.75) is 32.4 Å². The van der Waals surface area contributed by atoms with E-state index in [0.29, 0.717) is 23.8 Å². The zero-order valence-corrected chi connectivity index (χ0v) is 17.3. The normalized spacial score (nSPS) is 16.4. The van der Waals surface area contributed by atoms with Gasteiger partial charge in [-0.3, -0.25) is 4.79 Å². The van der Waals surface area contributed by atoms with E-state index in [0.717, 1.165) is 39.9 Å². The molecule has 1 atom stereocenters. The summed E-state index contributed by atoms with van der Waals surface area (Å²) >= 11 is 1.39. The van der Waals surface area contributed by atoms with Crippen LogP contribution >= 0.6 is 11.3 Å². The lowest BCUT2D eigenvalue weighted by atomic mass is 10.1. The van der Waals surface area contributed by atoms with Crippen molar-refractivity contribution in [3.05, 3.63) is 46.6 Å². The number of nitrogens with zero attached hydrogens (tertiary/aromatic N) is 3. The minimum atomic E-state index is -0.0960. The average Bonchev–Trinajstić information content (AvgIpc) is 3.36. The summed E-state index contributed by atoms with van der Waals surface area (Å²) in [5, 5.41) is 13.8. The molecule has 1 amide bonds. The molecule has 7 nitrogen and oxygen atoms in total. The standard InChI is InChI=1S/C21H24N4O3S/c1-13-17-19(22-10-14-6-3-4-8-16(14)28-2)23-12-24-20(17)29-18(13)21(27)25-9-5-7-15(25)11-26/h3-4,6,8,12,15,26H,5,7,9-11H2,1-2H3,(H,22,23,24)/t15-/m0/s1. The number of ether oxygens (including phenoxy) is 1. The molecule has 3 heterocycles. The predicted octanol–water partition coefficient (Wildman–Crippen LogP) is 3.22. The van der Waals surface area contributed by atoms with Crippen LogP contribution in [-0.2, 0) is 6.54 Å². The number of carbonyl (C=O) groups is 1. The Balaban J connectivity index is 1.64. The Morgan fingerprint density at radius 2 is 2.21 bits per heavy atom. The number of likely N-dealkylation sites (tertiary alicyclic amines) is 1. The van der Waals surface area contributed by atoms with Gasteiger partial charge >= 0.3 is 0 Å². The highest BCUT2D eigenvalue weighted by atomic mass is 32.1. The van der Waals surface area contributed by atoms with Gasteiger partial charge in [0.25, 0.3) is 5.91 Å². The third-order valence-electron chi connectivity index (χ3n) is 5.41. The highest BCUT2D eigenvalue weighted by Gasteiger charge is 2.31. The van der Waals surface area contributed by atoms with Gasteiger partial charge < -0.3 is 20.1 Å². The number of benzene rings is 1. The fraction of sp³-hybridized carbons (Fsp3) is 0.381. The van der Waals surface area contributed by atoms with Gasteiger partial charge in [-0.25, -0.2) is 9.97 Å². The minimum absolute atomic E-state index is 0.00119. The van der Waals surface area contributed by atoms with Crippen LogP contribution in [0.2, 0.25) is 0 Å². The van der Waals surface area contributed by atoms with Crippen molar-refractivity contribution in [1.82, 2.24) is 14.9 Å². The lowest BCUT2D eigenvalue weighted by molar-refractivity contribution is 0.0682. The van der Waals surface area contributed by atoms with Gasteiger partial charge in [-0.05, 0) is 31.4 Å². The second kappa shape index (κ2) is 8.34. The smallest absolute Gasteiger partial charge is 0.264 e. The monoisotopic (exact) mass is 412 g/mol. The fourth-order valence-electron chi connectivity index (χ4n) is 3.86. The molecule has 29 heavy (non-hydrogen) atoms. The second-order valence-electron chi connectivity index (χ2n) is 7.10. The maximum absolute atomic E-state index is 13.1. The summed E-state index contributed by atoms with van der Waals surface area (Å²) < 4.78 is 5.42. The molecule has 0 bridgehead atoms. The van der Waals surface area contributed by atoms with E-state index < -0.39 is 0 Å². The van der Waals surface area contributed by atoms with Crippen molar-refractivity contribution in [3.8, 4) is 5.75 Å². The quantitative estimate of drug-likeness (QED) is 0.646. The van der Waals surface area contributed by atoms with E-state index in [1.807, 2.05) is 31.2 Å². The molecule has 3 aromatic rings. The number of hydrogen-bond donors (Lipinski definition) is 2. The number of nitrogens with one attached hydrogen (secondary N) is 1. The van der Waals surface area contributed by atoms with E-state index >= 15 is 0 Å². The molecule has 152 valence electrons. The first-order valence-corrected chi connectivity index (χ1v) is 10.5. The summed E-state index contributed by atoms with van der Waals surface area (Å²) in [7, 11) is 1.65. The molecule has 4 rings (SSSR count). The first-order valence-electron chi connectivity index (χ1n) is 9.65. The molecule has 0 saturated carbocycles.